The van der Waals surface area contributed by atoms with Crippen molar-refractivity contribution in [2.75, 3.05) is 12.4 Å². The molecule has 0 aliphatic rings. The predicted octanol–water partition coefficient (Wildman–Crippen LogP) is 1.75. The standard InChI is InChI=1S/C14H14N2O3.Na.H/c1-19-13-5-4-10(7-12(13)14(17)18)8-16-11-3-2-6-15-9-11;;/h2-7,9,16H,8H2,1H3,(H,17,18);;. The van der Waals surface area contributed by atoms with Gasteiger partial charge in [-0.1, -0.05) is 6.07 Å². The molecular weight excluding hydrogens is 267 g/mol. The van der Waals surface area contributed by atoms with Crippen LogP contribution in [0.3, 0.4) is 0 Å². The first-order valence-corrected chi connectivity index (χ1v) is 5.75. The molecule has 6 heteroatoms. The van der Waals surface area contributed by atoms with Gasteiger partial charge in [0.1, 0.15) is 11.3 Å². The third-order valence-electron chi connectivity index (χ3n) is 2.65. The van der Waals surface area contributed by atoms with Crippen molar-refractivity contribution in [2.45, 2.75) is 6.54 Å². The monoisotopic (exact) mass is 282 g/mol. The first-order chi connectivity index (χ1) is 9.20. The quantitative estimate of drug-likeness (QED) is 0.818. The number of rotatable bonds is 5. The Hall–Kier alpha value is -1.56. The van der Waals surface area contributed by atoms with Crippen LogP contribution in [0.25, 0.3) is 0 Å². The topological polar surface area (TPSA) is 71.5 Å². The summed E-state index contributed by atoms with van der Waals surface area (Å²) in [6, 6.07) is 8.82. The number of pyridine rings is 1. The van der Waals surface area contributed by atoms with Gasteiger partial charge in [-0.25, -0.2) is 4.79 Å². The molecule has 2 aromatic rings. The van der Waals surface area contributed by atoms with Crippen LogP contribution in [0.1, 0.15) is 15.9 Å². The number of aromatic carboxylic acids is 1. The molecule has 20 heavy (non-hydrogen) atoms. The second-order valence-corrected chi connectivity index (χ2v) is 3.94. The van der Waals surface area contributed by atoms with Crippen LogP contribution < -0.4 is 10.1 Å². The van der Waals surface area contributed by atoms with Crippen molar-refractivity contribution in [3.63, 3.8) is 0 Å². The van der Waals surface area contributed by atoms with Crippen LogP contribution in [-0.4, -0.2) is 52.7 Å². The van der Waals surface area contributed by atoms with Crippen molar-refractivity contribution in [2.24, 2.45) is 0 Å². The van der Waals surface area contributed by atoms with Crippen LogP contribution in [-0.2, 0) is 6.54 Å². The van der Waals surface area contributed by atoms with Crippen LogP contribution in [0.15, 0.2) is 42.7 Å². The van der Waals surface area contributed by atoms with Crippen LogP contribution in [0.2, 0.25) is 0 Å². The predicted molar refractivity (Wildman–Crippen MR) is 78.7 cm³/mol. The second-order valence-electron chi connectivity index (χ2n) is 3.94. The second kappa shape index (κ2) is 7.89. The molecule has 1 aromatic carbocycles. The maximum atomic E-state index is 11.1. The van der Waals surface area contributed by atoms with E-state index in [4.69, 9.17) is 9.84 Å². The van der Waals surface area contributed by atoms with E-state index in [0.29, 0.717) is 12.3 Å². The number of aromatic nitrogens is 1. The number of nitrogens with one attached hydrogen (secondary N) is 1. The average molecular weight is 282 g/mol. The molecule has 0 aliphatic heterocycles. The van der Waals surface area contributed by atoms with Crippen molar-refractivity contribution < 1.29 is 14.6 Å². The Kier molecular flexibility index (Phi) is 6.51. The van der Waals surface area contributed by atoms with E-state index in [1.807, 2.05) is 18.2 Å². The summed E-state index contributed by atoms with van der Waals surface area (Å²) in [7, 11) is 1.45. The Balaban J connectivity index is 0.00000200. The van der Waals surface area contributed by atoms with Gasteiger partial charge in [-0.3, -0.25) is 4.98 Å². The number of carboxylic acids is 1. The number of nitrogens with zero attached hydrogens (tertiary/aromatic N) is 1. The minimum absolute atomic E-state index is 0. The van der Waals surface area contributed by atoms with E-state index in [1.165, 1.54) is 7.11 Å². The average Bonchev–Trinajstić information content (AvgIpc) is 2.46. The molecule has 100 valence electrons. The van der Waals surface area contributed by atoms with Gasteiger partial charge >= 0.3 is 35.5 Å². The molecule has 0 atom stereocenters. The van der Waals surface area contributed by atoms with Gasteiger partial charge < -0.3 is 15.2 Å². The van der Waals surface area contributed by atoms with Gasteiger partial charge in [0.05, 0.1) is 12.8 Å². The summed E-state index contributed by atoms with van der Waals surface area (Å²) in [5.41, 5.74) is 1.91. The molecule has 0 aliphatic carbocycles. The van der Waals surface area contributed by atoms with Crippen molar-refractivity contribution in [3.8, 4) is 5.75 Å². The summed E-state index contributed by atoms with van der Waals surface area (Å²) in [6.45, 7) is 0.524. The maximum absolute atomic E-state index is 11.1. The Bertz CT molecular complexity index is 576. The molecule has 0 fully saturated rings. The Morgan fingerprint density at radius 1 is 1.40 bits per heavy atom. The summed E-state index contributed by atoms with van der Waals surface area (Å²) in [6.07, 6.45) is 3.41. The number of methoxy groups -OCH3 is 1. The van der Waals surface area contributed by atoms with Gasteiger partial charge in [0.25, 0.3) is 0 Å². The Morgan fingerprint density at radius 3 is 2.80 bits per heavy atom. The molecular formula is C14H15N2NaO3. The molecule has 0 bridgehead atoms. The van der Waals surface area contributed by atoms with E-state index >= 15 is 0 Å². The molecule has 1 aromatic heterocycles. The third-order valence-corrected chi connectivity index (χ3v) is 2.65. The minimum atomic E-state index is -1.000. The van der Waals surface area contributed by atoms with Gasteiger partial charge in [0.15, 0.2) is 0 Å². The summed E-state index contributed by atoms with van der Waals surface area (Å²) in [5.74, 6) is -0.641. The molecule has 2 N–H and O–H groups in total. The zero-order valence-corrected chi connectivity index (χ0v) is 10.5. The van der Waals surface area contributed by atoms with Crippen molar-refractivity contribution in [3.05, 3.63) is 53.9 Å². The van der Waals surface area contributed by atoms with Gasteiger partial charge in [-0.2, -0.15) is 0 Å². The molecule has 0 saturated carbocycles. The molecule has 0 amide bonds. The number of hydrogen-bond acceptors (Lipinski definition) is 4. The fourth-order valence-electron chi connectivity index (χ4n) is 1.70. The van der Waals surface area contributed by atoms with E-state index in [0.717, 1.165) is 11.3 Å². The normalized spacial score (nSPS) is 9.45. The number of carbonyl (C=O) groups is 1. The van der Waals surface area contributed by atoms with Gasteiger partial charge in [0, 0.05) is 18.9 Å². The van der Waals surface area contributed by atoms with E-state index in [9.17, 15) is 4.79 Å². The zero-order chi connectivity index (χ0) is 13.7. The van der Waals surface area contributed by atoms with Gasteiger partial charge in [-0.15, -0.1) is 0 Å². The Labute approximate surface area is 139 Å². The first-order valence-electron chi connectivity index (χ1n) is 5.75. The number of anilines is 1. The molecule has 1 heterocycles. The number of ether oxygens (including phenoxy) is 1. The van der Waals surface area contributed by atoms with Crippen molar-refractivity contribution >= 4 is 41.2 Å². The van der Waals surface area contributed by atoms with Gasteiger partial charge in [0.2, 0.25) is 0 Å². The molecule has 0 saturated heterocycles. The summed E-state index contributed by atoms with van der Waals surface area (Å²) in [4.78, 5) is 15.1. The SMILES string of the molecule is COc1ccc(CNc2cccnc2)cc1C(=O)O.[NaH]. The molecule has 5 nitrogen and oxygen atoms in total. The van der Waals surface area contributed by atoms with Crippen LogP contribution in [0.4, 0.5) is 5.69 Å². The van der Waals surface area contributed by atoms with Crippen LogP contribution >= 0.6 is 0 Å². The number of carboxylic acid groups (broad SMARTS) is 1. The van der Waals surface area contributed by atoms with E-state index in [2.05, 4.69) is 10.3 Å². The van der Waals surface area contributed by atoms with Crippen molar-refractivity contribution in [1.82, 2.24) is 4.98 Å². The summed E-state index contributed by atoms with van der Waals surface area (Å²) in [5, 5.41) is 12.3. The van der Waals surface area contributed by atoms with Crippen LogP contribution in [0.5, 0.6) is 5.75 Å². The molecule has 0 radical (unpaired) electrons. The fraction of sp³-hybridized carbons (Fsp3) is 0.143. The summed E-state index contributed by atoms with van der Waals surface area (Å²) < 4.78 is 5.01. The molecule has 2 rings (SSSR count). The molecule has 0 spiro atoms. The Morgan fingerprint density at radius 2 is 2.20 bits per heavy atom. The fourth-order valence-corrected chi connectivity index (χ4v) is 1.70. The number of hydrogen-bond donors (Lipinski definition) is 2. The van der Waals surface area contributed by atoms with E-state index < -0.39 is 5.97 Å². The molecule has 0 unspecified atom stereocenters. The van der Waals surface area contributed by atoms with E-state index in [1.54, 1.807) is 24.5 Å². The van der Waals surface area contributed by atoms with E-state index in [-0.39, 0.29) is 35.1 Å². The summed E-state index contributed by atoms with van der Waals surface area (Å²) >= 11 is 0. The third kappa shape index (κ3) is 4.23. The number of benzene rings is 1. The van der Waals surface area contributed by atoms with Crippen molar-refractivity contribution in [1.29, 1.82) is 0 Å². The van der Waals surface area contributed by atoms with Crippen LogP contribution in [0, 0.1) is 0 Å². The first kappa shape index (κ1) is 16.5. The zero-order valence-electron chi connectivity index (χ0n) is 10.5. The van der Waals surface area contributed by atoms with Gasteiger partial charge in [-0.05, 0) is 29.8 Å².